The van der Waals surface area contributed by atoms with Crippen LogP contribution in [0.15, 0.2) is 18.2 Å². The van der Waals surface area contributed by atoms with Gasteiger partial charge in [0.15, 0.2) is 0 Å². The second kappa shape index (κ2) is 7.38. The second-order valence-electron chi connectivity index (χ2n) is 8.48. The molecule has 2 N–H and O–H groups in total. The van der Waals surface area contributed by atoms with E-state index in [1.807, 2.05) is 6.07 Å². The van der Waals surface area contributed by atoms with E-state index in [1.54, 1.807) is 19.2 Å². The third kappa shape index (κ3) is 2.90. The van der Waals surface area contributed by atoms with Crippen molar-refractivity contribution in [3.63, 3.8) is 0 Å². The number of nitrogens with one attached hydrogen (secondary N) is 2. The lowest BCUT2D eigenvalue weighted by Crippen LogP contribution is -2.53. The molecule has 3 aliphatic heterocycles. The molecule has 0 aromatic heterocycles. The van der Waals surface area contributed by atoms with E-state index in [-0.39, 0.29) is 23.8 Å². The molecule has 2 saturated heterocycles. The van der Waals surface area contributed by atoms with Crippen LogP contribution in [-0.2, 0) is 24.7 Å². The molecule has 0 bridgehead atoms. The molecule has 3 heterocycles. The lowest BCUT2D eigenvalue weighted by molar-refractivity contribution is -0.143. The summed E-state index contributed by atoms with van der Waals surface area (Å²) in [5, 5.41) is 6.69. The zero-order valence-corrected chi connectivity index (χ0v) is 17.6. The minimum Gasteiger partial charge on any atom is -0.385 e. The Hall–Kier alpha value is -1.96. The number of halogens is 1. The van der Waals surface area contributed by atoms with Crippen LogP contribution in [0.2, 0.25) is 5.02 Å². The van der Waals surface area contributed by atoms with Crippen LogP contribution in [0, 0.1) is 17.8 Å². The SMILES string of the molecule is COCCCN1C(=O)[C@H]2[C@@H](C1=O)[C@]1(N[C@@H]2CC(C)C)C(=O)Nc2c(Cl)cccc21. The van der Waals surface area contributed by atoms with Crippen LogP contribution in [0.4, 0.5) is 5.69 Å². The maximum atomic E-state index is 13.4. The van der Waals surface area contributed by atoms with Gasteiger partial charge in [-0.25, -0.2) is 0 Å². The molecule has 4 atom stereocenters. The summed E-state index contributed by atoms with van der Waals surface area (Å²) >= 11 is 6.32. The molecule has 3 amide bonds. The number of rotatable bonds is 6. The van der Waals surface area contributed by atoms with Gasteiger partial charge in [0.05, 0.1) is 22.5 Å². The van der Waals surface area contributed by atoms with Crippen molar-refractivity contribution < 1.29 is 19.1 Å². The van der Waals surface area contributed by atoms with Crippen LogP contribution in [0.25, 0.3) is 0 Å². The Morgan fingerprint density at radius 3 is 2.69 bits per heavy atom. The average Bonchev–Trinajstić information content (AvgIpc) is 3.23. The van der Waals surface area contributed by atoms with Gasteiger partial charge in [-0.3, -0.25) is 24.6 Å². The van der Waals surface area contributed by atoms with Crippen molar-refractivity contribution in [1.82, 2.24) is 10.2 Å². The number of benzene rings is 1. The zero-order chi connectivity index (χ0) is 20.9. The number of nitrogens with zero attached hydrogens (tertiary/aromatic N) is 1. The van der Waals surface area contributed by atoms with E-state index in [2.05, 4.69) is 24.5 Å². The summed E-state index contributed by atoms with van der Waals surface area (Å²) in [6, 6.07) is 5.02. The number of amides is 3. The summed E-state index contributed by atoms with van der Waals surface area (Å²) in [4.78, 5) is 41.3. The number of hydrogen-bond donors (Lipinski definition) is 2. The molecule has 3 aliphatic rings. The van der Waals surface area contributed by atoms with Crippen LogP contribution < -0.4 is 10.6 Å². The van der Waals surface area contributed by atoms with E-state index in [0.29, 0.717) is 48.2 Å². The van der Waals surface area contributed by atoms with Crippen molar-refractivity contribution in [1.29, 1.82) is 0 Å². The number of hydrogen-bond acceptors (Lipinski definition) is 5. The van der Waals surface area contributed by atoms with Crippen molar-refractivity contribution in [2.24, 2.45) is 17.8 Å². The summed E-state index contributed by atoms with van der Waals surface area (Å²) in [6.07, 6.45) is 1.26. The van der Waals surface area contributed by atoms with Crippen LogP contribution in [0.1, 0.15) is 32.3 Å². The van der Waals surface area contributed by atoms with Crippen molar-refractivity contribution in [2.75, 3.05) is 25.6 Å². The molecular formula is C21H26ClN3O4. The Morgan fingerprint density at radius 2 is 2.00 bits per heavy atom. The van der Waals surface area contributed by atoms with E-state index < -0.39 is 17.4 Å². The lowest BCUT2D eigenvalue weighted by Gasteiger charge is -2.30. The largest absolute Gasteiger partial charge is 0.385 e. The fourth-order valence-electron chi connectivity index (χ4n) is 5.15. The standard InChI is InChI=1S/C21H26ClN3O4/c1-11(2)10-14-15-16(19(27)25(18(15)26)8-5-9-29-3)21(24-14)12-6-4-7-13(22)17(12)23-20(21)28/h4,6-7,11,14-16,24H,5,8-10H2,1-3H3,(H,23,28)/t14-,15-,16+,21+/m1/s1. The van der Waals surface area contributed by atoms with Crippen molar-refractivity contribution in [2.45, 2.75) is 38.3 Å². The number of anilines is 1. The topological polar surface area (TPSA) is 87.7 Å². The Balaban J connectivity index is 1.79. The number of methoxy groups -OCH3 is 1. The highest BCUT2D eigenvalue weighted by Gasteiger charge is 2.70. The second-order valence-corrected chi connectivity index (χ2v) is 8.89. The molecule has 4 rings (SSSR count). The minimum atomic E-state index is -1.27. The number of carbonyl (C=O) groups is 3. The van der Waals surface area contributed by atoms with Crippen LogP contribution in [0.5, 0.6) is 0 Å². The van der Waals surface area contributed by atoms with E-state index in [4.69, 9.17) is 16.3 Å². The van der Waals surface area contributed by atoms with E-state index in [1.165, 1.54) is 4.90 Å². The molecule has 0 saturated carbocycles. The van der Waals surface area contributed by atoms with Crippen LogP contribution >= 0.6 is 11.6 Å². The fourth-order valence-corrected chi connectivity index (χ4v) is 5.37. The molecule has 29 heavy (non-hydrogen) atoms. The normalized spacial score (nSPS) is 30.4. The Kier molecular flexibility index (Phi) is 5.17. The number of para-hydroxylation sites is 1. The first-order valence-electron chi connectivity index (χ1n) is 10.0. The zero-order valence-electron chi connectivity index (χ0n) is 16.8. The van der Waals surface area contributed by atoms with Gasteiger partial charge in [-0.2, -0.15) is 0 Å². The van der Waals surface area contributed by atoms with Gasteiger partial charge in [0.25, 0.3) is 0 Å². The fraction of sp³-hybridized carbons (Fsp3) is 0.571. The van der Waals surface area contributed by atoms with Crippen molar-refractivity contribution >= 4 is 35.0 Å². The number of ether oxygens (including phenoxy) is 1. The molecule has 1 aromatic carbocycles. The van der Waals surface area contributed by atoms with Gasteiger partial charge in [0.2, 0.25) is 17.7 Å². The van der Waals surface area contributed by atoms with E-state index in [0.717, 1.165) is 0 Å². The molecule has 1 spiro atoms. The first-order chi connectivity index (χ1) is 13.8. The molecule has 0 unspecified atom stereocenters. The van der Waals surface area contributed by atoms with Gasteiger partial charge < -0.3 is 10.1 Å². The first-order valence-corrected chi connectivity index (χ1v) is 10.4. The third-order valence-electron chi connectivity index (χ3n) is 6.25. The summed E-state index contributed by atoms with van der Waals surface area (Å²) in [5.41, 5.74) is -0.0995. The number of fused-ring (bicyclic) bond motifs is 4. The van der Waals surface area contributed by atoms with Crippen LogP contribution in [-0.4, -0.2) is 48.9 Å². The summed E-state index contributed by atoms with van der Waals surface area (Å²) in [7, 11) is 1.59. The highest BCUT2D eigenvalue weighted by Crippen LogP contribution is 2.54. The number of likely N-dealkylation sites (tertiary alicyclic amines) is 1. The third-order valence-corrected chi connectivity index (χ3v) is 6.56. The Morgan fingerprint density at radius 1 is 1.24 bits per heavy atom. The summed E-state index contributed by atoms with van der Waals surface area (Å²) in [5.74, 6) is -1.85. The Bertz CT molecular complexity index is 873. The molecular weight excluding hydrogens is 394 g/mol. The predicted octanol–water partition coefficient (Wildman–Crippen LogP) is 2.14. The van der Waals surface area contributed by atoms with Gasteiger partial charge in [0.1, 0.15) is 5.54 Å². The molecule has 8 heteroatoms. The summed E-state index contributed by atoms with van der Waals surface area (Å²) in [6.45, 7) is 4.90. The maximum Gasteiger partial charge on any atom is 0.250 e. The molecule has 7 nitrogen and oxygen atoms in total. The van der Waals surface area contributed by atoms with Crippen molar-refractivity contribution in [3.05, 3.63) is 28.8 Å². The quantitative estimate of drug-likeness (QED) is 0.545. The highest BCUT2D eigenvalue weighted by atomic mass is 35.5. The molecule has 156 valence electrons. The molecule has 0 radical (unpaired) electrons. The number of imide groups is 1. The molecule has 0 aliphatic carbocycles. The number of carbonyl (C=O) groups excluding carboxylic acids is 3. The van der Waals surface area contributed by atoms with Gasteiger partial charge in [0, 0.05) is 31.9 Å². The van der Waals surface area contributed by atoms with Crippen LogP contribution in [0.3, 0.4) is 0 Å². The maximum absolute atomic E-state index is 13.4. The monoisotopic (exact) mass is 419 g/mol. The van der Waals surface area contributed by atoms with Gasteiger partial charge in [-0.15, -0.1) is 0 Å². The summed E-state index contributed by atoms with van der Waals surface area (Å²) < 4.78 is 5.07. The van der Waals surface area contributed by atoms with Gasteiger partial charge >= 0.3 is 0 Å². The van der Waals surface area contributed by atoms with E-state index in [9.17, 15) is 14.4 Å². The van der Waals surface area contributed by atoms with Gasteiger partial charge in [-0.1, -0.05) is 37.6 Å². The first kappa shape index (κ1) is 20.3. The lowest BCUT2D eigenvalue weighted by atomic mass is 9.76. The molecule has 2 fully saturated rings. The van der Waals surface area contributed by atoms with Gasteiger partial charge in [-0.05, 0) is 24.8 Å². The van der Waals surface area contributed by atoms with Crippen molar-refractivity contribution in [3.8, 4) is 0 Å². The smallest absolute Gasteiger partial charge is 0.250 e. The predicted molar refractivity (Wildman–Crippen MR) is 108 cm³/mol. The minimum absolute atomic E-state index is 0.200. The highest BCUT2D eigenvalue weighted by molar-refractivity contribution is 6.35. The van der Waals surface area contributed by atoms with E-state index >= 15 is 0 Å². The average molecular weight is 420 g/mol. The Labute approximate surface area is 175 Å². The molecule has 1 aromatic rings.